The van der Waals surface area contributed by atoms with Gasteiger partial charge in [-0.25, -0.2) is 4.79 Å². The van der Waals surface area contributed by atoms with Crippen LogP contribution in [0.3, 0.4) is 0 Å². The van der Waals surface area contributed by atoms with Crippen molar-refractivity contribution in [2.24, 2.45) is 11.3 Å². The van der Waals surface area contributed by atoms with Gasteiger partial charge in [0.15, 0.2) is 0 Å². The summed E-state index contributed by atoms with van der Waals surface area (Å²) in [5, 5.41) is 23.0. The molecule has 39 heavy (non-hydrogen) atoms. The molecule has 0 unspecified atom stereocenters. The first-order valence-electron chi connectivity index (χ1n) is 13.6. The van der Waals surface area contributed by atoms with Gasteiger partial charge in [-0.3, -0.25) is 9.59 Å². The fourth-order valence-corrected chi connectivity index (χ4v) is 3.91. The summed E-state index contributed by atoms with van der Waals surface area (Å²) >= 11 is 0. The van der Waals surface area contributed by atoms with Crippen molar-refractivity contribution in [2.75, 3.05) is 26.7 Å². The van der Waals surface area contributed by atoms with E-state index in [0.29, 0.717) is 18.9 Å². The van der Waals surface area contributed by atoms with Crippen molar-refractivity contribution in [3.63, 3.8) is 0 Å². The maximum atomic E-state index is 13.5. The van der Waals surface area contributed by atoms with Crippen molar-refractivity contribution < 1.29 is 19.5 Å². The highest BCUT2D eigenvalue weighted by molar-refractivity contribution is 5.89. The van der Waals surface area contributed by atoms with Crippen molar-refractivity contribution in [2.45, 2.75) is 92.0 Å². The maximum Gasteiger partial charge on any atom is 0.317 e. The second-order valence-electron chi connectivity index (χ2n) is 12.6. The fourth-order valence-electron chi connectivity index (χ4n) is 3.91. The molecule has 0 aliphatic carbocycles. The first-order chi connectivity index (χ1) is 17.5. The van der Waals surface area contributed by atoms with Crippen molar-refractivity contribution >= 4 is 30.3 Å². The molecule has 0 saturated carbocycles. The van der Waals surface area contributed by atoms with Crippen molar-refractivity contribution in [1.82, 2.24) is 26.2 Å². The topological polar surface area (TPSA) is 123 Å². The Bertz CT molecular complexity index is 884. The summed E-state index contributed by atoms with van der Waals surface area (Å²) in [6.07, 6.45) is 0.114. The van der Waals surface area contributed by atoms with Crippen LogP contribution in [0.4, 0.5) is 4.79 Å². The number of carbonyl (C=O) groups is 3. The van der Waals surface area contributed by atoms with Gasteiger partial charge in [0.1, 0.15) is 6.04 Å². The molecule has 4 amide bonds. The number of nitrogens with zero attached hydrogens (tertiary/aromatic N) is 1. The van der Waals surface area contributed by atoms with E-state index in [1.807, 2.05) is 71.9 Å². The number of aliphatic hydroxyl groups is 1. The van der Waals surface area contributed by atoms with E-state index >= 15 is 0 Å². The average Bonchev–Trinajstić information content (AvgIpc) is 2.78. The van der Waals surface area contributed by atoms with Gasteiger partial charge >= 0.3 is 6.03 Å². The van der Waals surface area contributed by atoms with Gasteiger partial charge in [0.05, 0.1) is 25.2 Å². The molecule has 9 nitrogen and oxygen atoms in total. The number of urea groups is 1. The number of nitrogens with one attached hydrogen (secondary N) is 4. The SMILES string of the molecule is CNCC(=O)N[C@H](C(=O)N[C@@H](Cc1ccccc1)[C@H](O)CN(CCC(C)C)C(=O)NC(C)(C)C)C(C)(C)C.Cl. The molecule has 0 spiro atoms. The van der Waals surface area contributed by atoms with Crippen molar-refractivity contribution in [3.05, 3.63) is 35.9 Å². The van der Waals surface area contributed by atoms with Gasteiger partial charge < -0.3 is 31.3 Å². The van der Waals surface area contributed by atoms with E-state index in [1.165, 1.54) is 0 Å². The summed E-state index contributed by atoms with van der Waals surface area (Å²) in [5.41, 5.74) is -0.0522. The number of rotatable bonds is 13. The molecule has 0 heterocycles. The van der Waals surface area contributed by atoms with E-state index < -0.39 is 29.1 Å². The Labute approximate surface area is 241 Å². The molecular weight excluding hydrogens is 518 g/mol. The number of halogens is 1. The van der Waals surface area contributed by atoms with E-state index in [-0.39, 0.29) is 43.3 Å². The minimum absolute atomic E-state index is 0. The quantitative estimate of drug-likeness (QED) is 0.250. The zero-order chi connectivity index (χ0) is 29.1. The minimum atomic E-state index is -1.04. The lowest BCUT2D eigenvalue weighted by molar-refractivity contribution is -0.132. The molecule has 0 bridgehead atoms. The standard InChI is InChI=1S/C29H51N5O4.ClH/c1-20(2)15-16-34(27(38)33-29(6,7)8)19-23(35)22(17-21-13-11-10-12-14-21)31-26(37)25(28(3,4)5)32-24(36)18-30-9;/h10-14,20,22-23,25,30,35H,15-19H2,1-9H3,(H,31,37)(H,32,36)(H,33,38);1H/t22-,23+,25+;/m0./s1. The minimum Gasteiger partial charge on any atom is -0.389 e. The number of carbonyl (C=O) groups excluding carboxylic acids is 3. The second kappa shape index (κ2) is 16.7. The molecule has 1 rings (SSSR count). The van der Waals surface area contributed by atoms with E-state index in [9.17, 15) is 19.5 Å². The summed E-state index contributed by atoms with van der Waals surface area (Å²) in [5.74, 6) is -0.290. The summed E-state index contributed by atoms with van der Waals surface area (Å²) in [4.78, 5) is 40.5. The molecule has 0 fully saturated rings. The highest BCUT2D eigenvalue weighted by Gasteiger charge is 2.35. The summed E-state index contributed by atoms with van der Waals surface area (Å²) < 4.78 is 0. The molecule has 0 radical (unpaired) electrons. The van der Waals surface area contributed by atoms with Gasteiger partial charge in [0.2, 0.25) is 11.8 Å². The molecular formula is C29H52ClN5O4. The lowest BCUT2D eigenvalue weighted by atomic mass is 9.85. The summed E-state index contributed by atoms with van der Waals surface area (Å²) in [6, 6.07) is 7.84. The average molecular weight is 570 g/mol. The van der Waals surface area contributed by atoms with Crippen LogP contribution in [0.15, 0.2) is 30.3 Å². The molecule has 0 aliphatic heterocycles. The molecule has 10 heteroatoms. The van der Waals surface area contributed by atoms with E-state index in [4.69, 9.17) is 0 Å². The van der Waals surface area contributed by atoms with Crippen LogP contribution in [0, 0.1) is 11.3 Å². The first kappa shape index (κ1) is 36.6. The molecule has 224 valence electrons. The monoisotopic (exact) mass is 569 g/mol. The lowest BCUT2D eigenvalue weighted by Gasteiger charge is -2.35. The number of likely N-dealkylation sites (N-methyl/N-ethyl adjacent to an activating group) is 1. The molecule has 1 aromatic rings. The largest absolute Gasteiger partial charge is 0.389 e. The number of hydrogen-bond donors (Lipinski definition) is 5. The molecule has 3 atom stereocenters. The van der Waals surface area contributed by atoms with Gasteiger partial charge in [-0.2, -0.15) is 0 Å². The number of aliphatic hydroxyl groups excluding tert-OH is 1. The number of amides is 4. The predicted octanol–water partition coefficient (Wildman–Crippen LogP) is 3.10. The van der Waals surface area contributed by atoms with E-state index in [2.05, 4.69) is 35.1 Å². The van der Waals surface area contributed by atoms with Gasteiger partial charge in [-0.15, -0.1) is 12.4 Å². The van der Waals surface area contributed by atoms with Gasteiger partial charge in [-0.05, 0) is 57.6 Å². The third-order valence-corrected chi connectivity index (χ3v) is 6.01. The smallest absolute Gasteiger partial charge is 0.317 e. The molecule has 1 aromatic carbocycles. The summed E-state index contributed by atoms with van der Waals surface area (Å²) in [6.45, 7) is 16.2. The van der Waals surface area contributed by atoms with Crippen LogP contribution in [0.1, 0.15) is 67.4 Å². The Hall–Kier alpha value is -2.36. The summed E-state index contributed by atoms with van der Waals surface area (Å²) in [7, 11) is 1.67. The van der Waals surface area contributed by atoms with Crippen LogP contribution in [-0.4, -0.2) is 78.3 Å². The van der Waals surface area contributed by atoms with Crippen LogP contribution in [0.5, 0.6) is 0 Å². The third kappa shape index (κ3) is 14.6. The van der Waals surface area contributed by atoms with Crippen LogP contribution < -0.4 is 21.3 Å². The van der Waals surface area contributed by atoms with E-state index in [0.717, 1.165) is 12.0 Å². The van der Waals surface area contributed by atoms with Crippen molar-refractivity contribution in [3.8, 4) is 0 Å². The van der Waals surface area contributed by atoms with Crippen molar-refractivity contribution in [1.29, 1.82) is 0 Å². The van der Waals surface area contributed by atoms with Gasteiger partial charge in [0.25, 0.3) is 0 Å². The van der Waals surface area contributed by atoms with E-state index in [1.54, 1.807) is 11.9 Å². The van der Waals surface area contributed by atoms with Crippen LogP contribution in [-0.2, 0) is 16.0 Å². The lowest BCUT2D eigenvalue weighted by Crippen LogP contribution is -2.60. The first-order valence-corrected chi connectivity index (χ1v) is 13.6. The van der Waals surface area contributed by atoms with Crippen LogP contribution in [0.2, 0.25) is 0 Å². The predicted molar refractivity (Wildman–Crippen MR) is 160 cm³/mol. The zero-order valence-electron chi connectivity index (χ0n) is 25.3. The van der Waals surface area contributed by atoms with Crippen LogP contribution >= 0.6 is 12.4 Å². The van der Waals surface area contributed by atoms with Crippen LogP contribution in [0.25, 0.3) is 0 Å². The molecule has 5 N–H and O–H groups in total. The Balaban J connectivity index is 0.0000144. The number of benzene rings is 1. The zero-order valence-corrected chi connectivity index (χ0v) is 26.1. The molecule has 0 aliphatic rings. The molecule has 0 aromatic heterocycles. The normalized spacial score (nSPS) is 14.0. The highest BCUT2D eigenvalue weighted by Crippen LogP contribution is 2.20. The highest BCUT2D eigenvalue weighted by atomic mass is 35.5. The third-order valence-electron chi connectivity index (χ3n) is 6.01. The van der Waals surface area contributed by atoms with Gasteiger partial charge in [-0.1, -0.05) is 65.0 Å². The van der Waals surface area contributed by atoms with Gasteiger partial charge in [0, 0.05) is 12.1 Å². The Morgan fingerprint density at radius 2 is 1.56 bits per heavy atom. The Kier molecular flexibility index (Phi) is 15.7. The Morgan fingerprint density at radius 1 is 0.974 bits per heavy atom. The number of hydrogen-bond acceptors (Lipinski definition) is 5. The fraction of sp³-hybridized carbons (Fsp3) is 0.690. The maximum absolute atomic E-state index is 13.5. The Morgan fingerprint density at radius 3 is 2.05 bits per heavy atom. The molecule has 0 saturated heterocycles. The second-order valence-corrected chi connectivity index (χ2v) is 12.6.